The predicted octanol–water partition coefficient (Wildman–Crippen LogP) is 1.20. The minimum atomic E-state index is -0.405. The van der Waals surface area contributed by atoms with Crippen LogP contribution in [0, 0.1) is 0 Å². The highest BCUT2D eigenvalue weighted by Crippen LogP contribution is 2.21. The molecule has 1 fully saturated rings. The maximum atomic E-state index is 11.8. The Balaban J connectivity index is 1.70. The molecule has 0 aromatic carbocycles. The Morgan fingerprint density at radius 1 is 1.61 bits per heavy atom. The van der Waals surface area contributed by atoms with E-state index in [1.807, 2.05) is 0 Å². The van der Waals surface area contributed by atoms with E-state index in [0.29, 0.717) is 11.0 Å². The van der Waals surface area contributed by atoms with E-state index in [4.69, 9.17) is 4.52 Å². The summed E-state index contributed by atoms with van der Waals surface area (Å²) in [6, 6.07) is 0.0684. The molecule has 1 unspecified atom stereocenters. The predicted molar refractivity (Wildman–Crippen MR) is 64.3 cm³/mol. The maximum Gasteiger partial charge on any atom is 0.298 e. The monoisotopic (exact) mass is 265 g/mol. The number of nitrogens with zero attached hydrogens (tertiary/aromatic N) is 3. The summed E-state index contributed by atoms with van der Waals surface area (Å²) in [6.07, 6.45) is 3.65. The largest absolute Gasteiger partial charge is 0.337 e. The van der Waals surface area contributed by atoms with Crippen LogP contribution in [0.25, 0.3) is 0 Å². The lowest BCUT2D eigenvalue weighted by Gasteiger charge is -2.01. The minimum absolute atomic E-state index is 0.0360. The van der Waals surface area contributed by atoms with Crippen LogP contribution in [0.1, 0.15) is 35.4 Å². The molecule has 2 aromatic heterocycles. The van der Waals surface area contributed by atoms with Gasteiger partial charge < -0.3 is 9.84 Å². The zero-order valence-corrected chi connectivity index (χ0v) is 10.2. The molecule has 3 rings (SSSR count). The van der Waals surface area contributed by atoms with Crippen LogP contribution in [0.3, 0.4) is 0 Å². The third kappa shape index (κ3) is 2.24. The fourth-order valence-corrected chi connectivity index (χ4v) is 2.33. The molecule has 0 saturated carbocycles. The van der Waals surface area contributed by atoms with Crippen molar-refractivity contribution in [3.8, 4) is 0 Å². The van der Waals surface area contributed by atoms with E-state index >= 15 is 0 Å². The van der Waals surface area contributed by atoms with Crippen LogP contribution in [-0.2, 0) is 0 Å². The smallest absolute Gasteiger partial charge is 0.298 e. The van der Waals surface area contributed by atoms with Crippen LogP contribution in [0.4, 0.5) is 5.13 Å². The van der Waals surface area contributed by atoms with Gasteiger partial charge in [-0.05, 0) is 19.4 Å². The Labute approximate surface area is 107 Å². The van der Waals surface area contributed by atoms with Crippen LogP contribution < -0.4 is 10.6 Å². The van der Waals surface area contributed by atoms with E-state index < -0.39 is 5.91 Å². The highest BCUT2D eigenvalue weighted by atomic mass is 32.1. The zero-order valence-electron chi connectivity index (χ0n) is 9.42. The lowest BCUT2D eigenvalue weighted by molar-refractivity contribution is 0.101. The molecule has 3 heterocycles. The molecule has 1 aliphatic rings. The first kappa shape index (κ1) is 11.3. The van der Waals surface area contributed by atoms with Gasteiger partial charge in [0, 0.05) is 11.6 Å². The van der Waals surface area contributed by atoms with Crippen LogP contribution in [0.2, 0.25) is 0 Å². The first-order chi connectivity index (χ1) is 8.83. The Morgan fingerprint density at radius 3 is 3.28 bits per heavy atom. The van der Waals surface area contributed by atoms with Gasteiger partial charge in [0.15, 0.2) is 5.13 Å². The van der Waals surface area contributed by atoms with E-state index in [1.165, 1.54) is 11.3 Å². The average molecular weight is 265 g/mol. The normalized spacial score (nSPS) is 19.0. The van der Waals surface area contributed by atoms with E-state index in [0.717, 1.165) is 19.4 Å². The number of rotatable bonds is 3. The molecule has 18 heavy (non-hydrogen) atoms. The lowest BCUT2D eigenvalue weighted by atomic mass is 10.2. The number of carbonyl (C=O) groups excluding carboxylic acids is 1. The van der Waals surface area contributed by atoms with E-state index in [-0.39, 0.29) is 11.9 Å². The van der Waals surface area contributed by atoms with Crippen molar-refractivity contribution in [1.29, 1.82) is 0 Å². The summed E-state index contributed by atoms with van der Waals surface area (Å²) >= 11 is 1.34. The van der Waals surface area contributed by atoms with Gasteiger partial charge >= 0.3 is 0 Å². The number of nitrogens with one attached hydrogen (secondary N) is 2. The number of hydrogen-bond donors (Lipinski definition) is 2. The second-order valence-electron chi connectivity index (χ2n) is 3.90. The second-order valence-corrected chi connectivity index (χ2v) is 4.79. The van der Waals surface area contributed by atoms with Crippen molar-refractivity contribution in [3.05, 3.63) is 23.3 Å². The Kier molecular flexibility index (Phi) is 3.03. The highest BCUT2D eigenvalue weighted by molar-refractivity contribution is 7.13. The molecule has 94 valence electrons. The lowest BCUT2D eigenvalue weighted by Crippen LogP contribution is -2.15. The second kappa shape index (κ2) is 4.83. The molecule has 2 N–H and O–H groups in total. The summed E-state index contributed by atoms with van der Waals surface area (Å²) in [5.74, 6) is 0.101. The summed E-state index contributed by atoms with van der Waals surface area (Å²) in [4.78, 5) is 19.8. The third-order valence-electron chi connectivity index (χ3n) is 2.66. The van der Waals surface area contributed by atoms with Crippen molar-refractivity contribution in [3.63, 3.8) is 0 Å². The molecule has 0 bridgehead atoms. The summed E-state index contributed by atoms with van der Waals surface area (Å²) in [5, 5.41) is 11.8. The van der Waals surface area contributed by atoms with Crippen molar-refractivity contribution < 1.29 is 9.32 Å². The van der Waals surface area contributed by atoms with E-state index in [9.17, 15) is 4.79 Å². The SMILES string of the molecule is O=C(Nc1nccs1)c1noc(C2CCCN2)n1. The van der Waals surface area contributed by atoms with Crippen LogP contribution in [0.5, 0.6) is 0 Å². The van der Waals surface area contributed by atoms with E-state index in [1.54, 1.807) is 11.6 Å². The number of amides is 1. The number of carbonyl (C=O) groups is 1. The standard InChI is InChI=1S/C10H11N5O2S/c16-8(14-10-12-4-5-18-10)7-13-9(17-15-7)6-2-1-3-11-6/h4-6,11H,1-3H2,(H,12,14,16). The van der Waals surface area contributed by atoms with Gasteiger partial charge in [-0.3, -0.25) is 10.1 Å². The third-order valence-corrected chi connectivity index (χ3v) is 3.34. The van der Waals surface area contributed by atoms with Crippen molar-refractivity contribution in [2.24, 2.45) is 0 Å². The van der Waals surface area contributed by atoms with Crippen molar-refractivity contribution in [2.75, 3.05) is 11.9 Å². The first-order valence-electron chi connectivity index (χ1n) is 5.61. The van der Waals surface area contributed by atoms with Gasteiger partial charge in [0.05, 0.1) is 6.04 Å². The molecule has 8 heteroatoms. The maximum absolute atomic E-state index is 11.8. The minimum Gasteiger partial charge on any atom is -0.337 e. The Morgan fingerprint density at radius 2 is 2.56 bits per heavy atom. The first-order valence-corrected chi connectivity index (χ1v) is 6.49. The molecule has 0 spiro atoms. The Bertz CT molecular complexity index is 532. The van der Waals surface area contributed by atoms with Gasteiger partial charge in [0.2, 0.25) is 5.89 Å². The summed E-state index contributed by atoms with van der Waals surface area (Å²) in [7, 11) is 0. The fourth-order valence-electron chi connectivity index (χ4n) is 1.80. The summed E-state index contributed by atoms with van der Waals surface area (Å²) in [6.45, 7) is 0.938. The molecule has 2 aromatic rings. The van der Waals surface area contributed by atoms with Crippen LogP contribution in [0.15, 0.2) is 16.1 Å². The van der Waals surface area contributed by atoms with Crippen LogP contribution in [-0.4, -0.2) is 27.6 Å². The van der Waals surface area contributed by atoms with Gasteiger partial charge in [0.25, 0.3) is 11.7 Å². The molecular weight excluding hydrogens is 254 g/mol. The molecule has 0 aliphatic carbocycles. The van der Waals surface area contributed by atoms with Gasteiger partial charge in [-0.2, -0.15) is 4.98 Å². The topological polar surface area (TPSA) is 92.9 Å². The quantitative estimate of drug-likeness (QED) is 0.866. The zero-order chi connectivity index (χ0) is 12.4. The summed E-state index contributed by atoms with van der Waals surface area (Å²) < 4.78 is 5.09. The summed E-state index contributed by atoms with van der Waals surface area (Å²) in [5.41, 5.74) is 0. The van der Waals surface area contributed by atoms with Gasteiger partial charge in [0.1, 0.15) is 0 Å². The fraction of sp³-hybridized carbons (Fsp3) is 0.400. The molecule has 1 atom stereocenters. The molecule has 1 aliphatic heterocycles. The average Bonchev–Trinajstić information content (AvgIpc) is 3.11. The van der Waals surface area contributed by atoms with Crippen molar-refractivity contribution >= 4 is 22.4 Å². The molecule has 7 nitrogen and oxygen atoms in total. The number of aromatic nitrogens is 3. The number of hydrogen-bond acceptors (Lipinski definition) is 7. The molecule has 1 amide bonds. The van der Waals surface area contributed by atoms with Gasteiger partial charge in [-0.15, -0.1) is 11.3 Å². The Hall–Kier alpha value is -1.80. The number of anilines is 1. The van der Waals surface area contributed by atoms with E-state index in [2.05, 4.69) is 25.8 Å². The molecular formula is C10H11N5O2S. The van der Waals surface area contributed by atoms with Crippen molar-refractivity contribution in [1.82, 2.24) is 20.4 Å². The van der Waals surface area contributed by atoms with Crippen LogP contribution >= 0.6 is 11.3 Å². The van der Waals surface area contributed by atoms with Gasteiger partial charge in [-0.25, -0.2) is 4.98 Å². The highest BCUT2D eigenvalue weighted by Gasteiger charge is 2.24. The molecule has 0 radical (unpaired) electrons. The molecule has 1 saturated heterocycles. The van der Waals surface area contributed by atoms with Crippen molar-refractivity contribution in [2.45, 2.75) is 18.9 Å². The number of thiazole rings is 1. The van der Waals surface area contributed by atoms with Gasteiger partial charge in [-0.1, -0.05) is 5.16 Å².